The third kappa shape index (κ3) is 3.48. The quantitative estimate of drug-likeness (QED) is 0.638. The second-order valence-electron chi connectivity index (χ2n) is 6.13. The minimum absolute atomic E-state index is 0.114. The van der Waals surface area contributed by atoms with Crippen LogP contribution in [-0.4, -0.2) is 23.3 Å². The third-order valence-electron chi connectivity index (χ3n) is 4.45. The minimum Gasteiger partial charge on any atom is -0.455 e. The number of anilines is 1. The summed E-state index contributed by atoms with van der Waals surface area (Å²) in [7, 11) is 0. The Morgan fingerprint density at radius 2 is 2.08 bits per heavy atom. The summed E-state index contributed by atoms with van der Waals surface area (Å²) in [6, 6.07) is 9.59. The van der Waals surface area contributed by atoms with E-state index in [0.717, 1.165) is 47.5 Å². The second kappa shape index (κ2) is 7.70. The van der Waals surface area contributed by atoms with Gasteiger partial charge in [-0.1, -0.05) is 18.2 Å². The van der Waals surface area contributed by atoms with Gasteiger partial charge in [0.1, 0.15) is 5.76 Å². The zero-order valence-corrected chi connectivity index (χ0v) is 15.7. The maximum Gasteiger partial charge on any atom is 0.294 e. The van der Waals surface area contributed by atoms with Crippen molar-refractivity contribution in [2.75, 3.05) is 11.4 Å². The molecule has 1 aromatic heterocycles. The van der Waals surface area contributed by atoms with Crippen LogP contribution in [-0.2, 0) is 6.42 Å². The van der Waals surface area contributed by atoms with Gasteiger partial charge < -0.3 is 15.1 Å². The molecule has 0 saturated carbocycles. The fourth-order valence-corrected chi connectivity index (χ4v) is 3.33. The second-order valence-corrected chi connectivity index (χ2v) is 6.57. The topological polar surface area (TPSA) is 83.9 Å². The summed E-state index contributed by atoms with van der Waals surface area (Å²) >= 11 is 4.82. The average molecular weight is 370 g/mol. The molecule has 1 aliphatic carbocycles. The predicted molar refractivity (Wildman–Crippen MR) is 107 cm³/mol. The highest BCUT2D eigenvalue weighted by Crippen LogP contribution is 2.31. The van der Waals surface area contributed by atoms with Crippen LogP contribution in [0, 0.1) is 6.92 Å². The Morgan fingerprint density at radius 1 is 1.35 bits per heavy atom. The Hall–Kier alpha value is -2.67. The number of amides is 1. The zero-order valence-electron chi connectivity index (χ0n) is 14.9. The van der Waals surface area contributed by atoms with Gasteiger partial charge >= 0.3 is 0 Å². The van der Waals surface area contributed by atoms with Gasteiger partial charge in [-0.25, -0.2) is 0 Å². The average Bonchev–Trinajstić information content (AvgIpc) is 2.99. The van der Waals surface area contributed by atoms with Gasteiger partial charge in [-0.05, 0) is 51.0 Å². The van der Waals surface area contributed by atoms with Crippen LogP contribution in [0.15, 0.2) is 39.9 Å². The van der Waals surface area contributed by atoms with Gasteiger partial charge in [-0.3, -0.25) is 10.2 Å². The van der Waals surface area contributed by atoms with Crippen molar-refractivity contribution < 1.29 is 9.21 Å². The van der Waals surface area contributed by atoms with E-state index < -0.39 is 0 Å². The lowest BCUT2D eigenvalue weighted by atomic mass is 9.93. The van der Waals surface area contributed by atoms with E-state index in [1.807, 2.05) is 44.2 Å². The number of fused-ring (bicyclic) bond motifs is 1. The largest absolute Gasteiger partial charge is 0.455 e. The van der Waals surface area contributed by atoms with E-state index in [2.05, 4.69) is 10.5 Å². The van der Waals surface area contributed by atoms with Gasteiger partial charge in [0.15, 0.2) is 10.9 Å². The molecule has 1 heterocycles. The fraction of sp³-hybridized carbons (Fsp3) is 0.316. The van der Waals surface area contributed by atoms with Crippen molar-refractivity contribution in [3.63, 3.8) is 0 Å². The summed E-state index contributed by atoms with van der Waals surface area (Å²) in [6.07, 6.45) is 2.47. The number of carbonyl (C=O) groups is 1. The molecule has 26 heavy (non-hydrogen) atoms. The first-order chi connectivity index (χ1) is 12.5. The number of aryl methyl sites for hydroxylation is 1. The van der Waals surface area contributed by atoms with Crippen molar-refractivity contribution in [2.24, 2.45) is 10.8 Å². The van der Waals surface area contributed by atoms with Crippen molar-refractivity contribution in [3.05, 3.63) is 53.0 Å². The van der Waals surface area contributed by atoms with E-state index in [0.29, 0.717) is 12.3 Å². The van der Waals surface area contributed by atoms with Crippen molar-refractivity contribution in [1.29, 1.82) is 0 Å². The van der Waals surface area contributed by atoms with E-state index >= 15 is 0 Å². The molecule has 0 unspecified atom stereocenters. The molecule has 0 bridgehead atoms. The number of nitrogens with two attached hydrogens (primary N) is 1. The molecule has 136 valence electrons. The molecular weight excluding hydrogens is 348 g/mol. The molecule has 0 radical (unpaired) electrons. The van der Waals surface area contributed by atoms with Crippen LogP contribution in [0.1, 0.15) is 47.2 Å². The first-order valence-electron chi connectivity index (χ1n) is 8.64. The standard InChI is InChI=1S/C19H22N4O2S/c1-3-23(13-8-5-4-6-9-13)18(24)17-12(2)16-14(21-22-19(20)26)10-7-11-15(16)25-17/h4-6,8-9H,3,7,10-11H2,1-2H3,(H3,20,22,26)/b21-14+. The molecule has 0 atom stereocenters. The van der Waals surface area contributed by atoms with Crippen LogP contribution >= 0.6 is 12.2 Å². The first-order valence-corrected chi connectivity index (χ1v) is 9.05. The molecule has 0 aliphatic heterocycles. The number of hydrogen-bond donors (Lipinski definition) is 2. The molecule has 1 aliphatic rings. The fourth-order valence-electron chi connectivity index (χ4n) is 3.28. The number of carbonyl (C=O) groups excluding carboxylic acids is 1. The van der Waals surface area contributed by atoms with Gasteiger partial charge in [0, 0.05) is 29.8 Å². The lowest BCUT2D eigenvalue weighted by Gasteiger charge is -2.20. The van der Waals surface area contributed by atoms with Crippen LogP contribution in [0.25, 0.3) is 0 Å². The Bertz CT molecular complexity index is 858. The number of furan rings is 1. The van der Waals surface area contributed by atoms with Crippen molar-refractivity contribution >= 4 is 34.6 Å². The van der Waals surface area contributed by atoms with Crippen LogP contribution in [0.4, 0.5) is 5.69 Å². The first kappa shape index (κ1) is 18.1. The molecule has 0 spiro atoms. The van der Waals surface area contributed by atoms with E-state index in [-0.39, 0.29) is 11.0 Å². The number of nitrogens with one attached hydrogen (secondary N) is 1. The summed E-state index contributed by atoms with van der Waals surface area (Å²) in [6.45, 7) is 4.40. The highest BCUT2D eigenvalue weighted by Gasteiger charge is 2.30. The van der Waals surface area contributed by atoms with Crippen molar-refractivity contribution in [1.82, 2.24) is 5.43 Å². The summed E-state index contributed by atoms with van der Waals surface area (Å²) in [5.41, 5.74) is 11.5. The predicted octanol–water partition coefficient (Wildman–Crippen LogP) is 3.13. The molecule has 1 aromatic carbocycles. The monoisotopic (exact) mass is 370 g/mol. The Balaban J connectivity index is 1.98. The molecule has 3 rings (SSSR count). The number of para-hydroxylation sites is 1. The number of hydrazone groups is 1. The van der Waals surface area contributed by atoms with E-state index in [9.17, 15) is 4.79 Å². The molecule has 2 aromatic rings. The van der Waals surface area contributed by atoms with Crippen LogP contribution in [0.5, 0.6) is 0 Å². The highest BCUT2D eigenvalue weighted by molar-refractivity contribution is 7.80. The smallest absolute Gasteiger partial charge is 0.294 e. The number of hydrogen-bond acceptors (Lipinski definition) is 4. The number of thiocarbonyl (C=S) groups is 1. The minimum atomic E-state index is -0.146. The van der Waals surface area contributed by atoms with E-state index in [1.54, 1.807) is 4.90 Å². The highest BCUT2D eigenvalue weighted by atomic mass is 32.1. The maximum absolute atomic E-state index is 13.1. The summed E-state index contributed by atoms with van der Waals surface area (Å²) < 4.78 is 5.98. The van der Waals surface area contributed by atoms with E-state index in [4.69, 9.17) is 22.4 Å². The molecular formula is C19H22N4O2S. The van der Waals surface area contributed by atoms with Gasteiger partial charge in [0.2, 0.25) is 0 Å². The maximum atomic E-state index is 13.1. The van der Waals surface area contributed by atoms with Gasteiger partial charge in [0.05, 0.1) is 5.71 Å². The normalized spacial score (nSPS) is 14.8. The third-order valence-corrected chi connectivity index (χ3v) is 4.54. The van der Waals surface area contributed by atoms with Crippen molar-refractivity contribution in [2.45, 2.75) is 33.1 Å². The summed E-state index contributed by atoms with van der Waals surface area (Å²) in [5, 5.41) is 4.41. The number of nitrogens with zero attached hydrogens (tertiary/aromatic N) is 2. The molecule has 7 heteroatoms. The SMILES string of the molecule is CCN(C(=O)c1oc2c(c1C)/C(=N/NC(N)=S)CCC2)c1ccccc1. The Labute approximate surface area is 158 Å². The van der Waals surface area contributed by atoms with Crippen LogP contribution in [0.2, 0.25) is 0 Å². The number of benzene rings is 1. The van der Waals surface area contributed by atoms with Crippen molar-refractivity contribution in [3.8, 4) is 0 Å². The molecule has 1 amide bonds. The van der Waals surface area contributed by atoms with Gasteiger partial charge in [0.25, 0.3) is 5.91 Å². The van der Waals surface area contributed by atoms with Crippen LogP contribution < -0.4 is 16.1 Å². The molecule has 0 saturated heterocycles. The lowest BCUT2D eigenvalue weighted by Crippen LogP contribution is -2.30. The molecule has 3 N–H and O–H groups in total. The Kier molecular flexibility index (Phi) is 5.37. The van der Waals surface area contributed by atoms with Gasteiger partial charge in [-0.2, -0.15) is 5.10 Å². The number of rotatable bonds is 4. The Morgan fingerprint density at radius 3 is 2.73 bits per heavy atom. The van der Waals surface area contributed by atoms with Crippen LogP contribution in [0.3, 0.4) is 0 Å². The van der Waals surface area contributed by atoms with E-state index in [1.165, 1.54) is 0 Å². The summed E-state index contributed by atoms with van der Waals surface area (Å²) in [5.74, 6) is 1.02. The lowest BCUT2D eigenvalue weighted by molar-refractivity contribution is 0.0959. The molecule has 0 fully saturated rings. The summed E-state index contributed by atoms with van der Waals surface area (Å²) in [4.78, 5) is 14.8. The van der Waals surface area contributed by atoms with Gasteiger partial charge in [-0.15, -0.1) is 0 Å². The molecule has 6 nitrogen and oxygen atoms in total. The zero-order chi connectivity index (χ0) is 18.7.